The van der Waals surface area contributed by atoms with Crippen LogP contribution in [0, 0.1) is 0 Å². The molecule has 0 aliphatic heterocycles. The summed E-state index contributed by atoms with van der Waals surface area (Å²) in [5, 5.41) is 0.956. The van der Waals surface area contributed by atoms with Crippen LogP contribution in [0.1, 0.15) is 30.4 Å². The molecule has 4 heteroatoms. The number of rotatable bonds is 4. The molecule has 1 unspecified atom stereocenters. The lowest BCUT2D eigenvalue weighted by molar-refractivity contribution is 0.595. The van der Waals surface area contributed by atoms with Crippen LogP contribution in [0.2, 0.25) is 0 Å². The van der Waals surface area contributed by atoms with Crippen molar-refractivity contribution in [2.45, 2.75) is 19.3 Å². The van der Waals surface area contributed by atoms with Crippen LogP contribution in [0.3, 0.4) is 0 Å². The molecule has 0 fully saturated rings. The number of hydrogen-bond donors (Lipinski definition) is 0. The van der Waals surface area contributed by atoms with Crippen molar-refractivity contribution < 1.29 is 8.42 Å². The fraction of sp³-hybridized carbons (Fsp3) is 0.222. The second-order valence-corrected chi connectivity index (χ2v) is 7.42. The van der Waals surface area contributed by atoms with Crippen LogP contribution in [0.5, 0.6) is 0 Å². The van der Waals surface area contributed by atoms with Gasteiger partial charge in [-0.05, 0) is 35.7 Å². The summed E-state index contributed by atoms with van der Waals surface area (Å²) in [5.41, 5.74) is 3.23. The van der Waals surface area contributed by atoms with Gasteiger partial charge in [-0.15, -0.1) is 0 Å². The van der Waals surface area contributed by atoms with E-state index in [0.717, 1.165) is 17.3 Å². The first-order chi connectivity index (χ1) is 10.5. The largest absolute Gasteiger partial charge is 0.245 e. The van der Waals surface area contributed by atoms with Crippen molar-refractivity contribution in [1.82, 2.24) is 3.97 Å². The highest BCUT2D eigenvalue weighted by Crippen LogP contribution is 2.30. The Bertz CT molecular complexity index is 895. The van der Waals surface area contributed by atoms with Crippen molar-refractivity contribution in [3.05, 3.63) is 71.9 Å². The fourth-order valence-electron chi connectivity index (χ4n) is 2.99. The summed E-state index contributed by atoms with van der Waals surface area (Å²) in [5.74, 6) is 0.326. The van der Waals surface area contributed by atoms with Gasteiger partial charge < -0.3 is 0 Å². The summed E-state index contributed by atoms with van der Waals surface area (Å²) in [6.07, 6.45) is 3.84. The van der Waals surface area contributed by atoms with Gasteiger partial charge in [-0.2, -0.15) is 0 Å². The van der Waals surface area contributed by atoms with Crippen LogP contribution in [0.25, 0.3) is 10.9 Å². The Balaban J connectivity index is 2.09. The zero-order chi connectivity index (χ0) is 15.7. The molecule has 0 amide bonds. The third kappa shape index (κ3) is 2.66. The number of fused-ring (bicyclic) bond motifs is 1. The average molecular weight is 313 g/mol. The molecule has 114 valence electrons. The minimum absolute atomic E-state index is 0.326. The quantitative estimate of drug-likeness (QED) is 0.730. The van der Waals surface area contributed by atoms with Gasteiger partial charge in [-0.25, -0.2) is 12.4 Å². The zero-order valence-corrected chi connectivity index (χ0v) is 13.5. The highest BCUT2D eigenvalue weighted by Gasteiger charge is 2.15. The van der Waals surface area contributed by atoms with E-state index in [9.17, 15) is 8.42 Å². The van der Waals surface area contributed by atoms with Gasteiger partial charge in [0.15, 0.2) is 0 Å². The second-order valence-electron chi connectivity index (χ2n) is 5.56. The molecule has 22 heavy (non-hydrogen) atoms. The maximum Gasteiger partial charge on any atom is 0.236 e. The Hall–Kier alpha value is -2.07. The van der Waals surface area contributed by atoms with Crippen molar-refractivity contribution in [3.8, 4) is 0 Å². The van der Waals surface area contributed by atoms with Crippen molar-refractivity contribution >= 4 is 20.9 Å². The minimum Gasteiger partial charge on any atom is -0.245 e. The Kier molecular flexibility index (Phi) is 3.79. The van der Waals surface area contributed by atoms with Gasteiger partial charge in [-0.3, -0.25) is 0 Å². The maximum atomic E-state index is 11.8. The maximum absolute atomic E-state index is 11.8. The molecular formula is C18H19NO2S. The van der Waals surface area contributed by atoms with Crippen molar-refractivity contribution in [2.75, 3.05) is 6.26 Å². The predicted octanol–water partition coefficient (Wildman–Crippen LogP) is 3.99. The van der Waals surface area contributed by atoms with E-state index in [2.05, 4.69) is 37.3 Å². The molecular weight excluding hydrogens is 294 g/mol. The summed E-state index contributed by atoms with van der Waals surface area (Å²) >= 11 is 0. The van der Waals surface area contributed by atoms with Crippen LogP contribution in [0.15, 0.2) is 60.8 Å². The zero-order valence-electron chi connectivity index (χ0n) is 12.7. The van der Waals surface area contributed by atoms with Crippen LogP contribution >= 0.6 is 0 Å². The summed E-state index contributed by atoms with van der Waals surface area (Å²) < 4.78 is 24.9. The van der Waals surface area contributed by atoms with E-state index >= 15 is 0 Å². The van der Waals surface area contributed by atoms with Gasteiger partial charge in [0.25, 0.3) is 0 Å². The fourth-order valence-corrected chi connectivity index (χ4v) is 3.80. The number of benzene rings is 2. The molecule has 0 saturated carbocycles. The molecule has 0 aliphatic rings. The highest BCUT2D eigenvalue weighted by molar-refractivity contribution is 7.89. The monoisotopic (exact) mass is 313 g/mol. The van der Waals surface area contributed by atoms with Gasteiger partial charge >= 0.3 is 0 Å². The van der Waals surface area contributed by atoms with E-state index in [1.807, 2.05) is 24.3 Å². The SMILES string of the molecule is CCC(c1ccccc1)c1ccc2c(ccn2S(C)(=O)=O)c1. The molecule has 3 nitrogen and oxygen atoms in total. The number of nitrogens with zero attached hydrogens (tertiary/aromatic N) is 1. The number of aromatic nitrogens is 1. The van der Waals surface area contributed by atoms with Gasteiger partial charge in [0.05, 0.1) is 11.8 Å². The molecule has 1 aromatic heterocycles. The van der Waals surface area contributed by atoms with Crippen molar-refractivity contribution in [1.29, 1.82) is 0 Å². The molecule has 0 aliphatic carbocycles. The number of hydrogen-bond acceptors (Lipinski definition) is 2. The Morgan fingerprint density at radius 3 is 2.36 bits per heavy atom. The highest BCUT2D eigenvalue weighted by atomic mass is 32.2. The third-order valence-electron chi connectivity index (χ3n) is 4.05. The standard InChI is InChI=1S/C18H19NO2S/c1-3-17(14-7-5-4-6-8-14)15-9-10-18-16(13-15)11-12-19(18)22(2,20)21/h4-13,17H,3H2,1-2H3. The first-order valence-electron chi connectivity index (χ1n) is 7.37. The van der Waals surface area contributed by atoms with Crippen LogP contribution < -0.4 is 0 Å². The van der Waals surface area contributed by atoms with E-state index in [1.165, 1.54) is 21.4 Å². The molecule has 0 saturated heterocycles. The van der Waals surface area contributed by atoms with E-state index in [1.54, 1.807) is 6.20 Å². The van der Waals surface area contributed by atoms with Crippen LogP contribution in [-0.2, 0) is 10.0 Å². The van der Waals surface area contributed by atoms with Crippen LogP contribution in [-0.4, -0.2) is 18.6 Å². The molecule has 1 heterocycles. The molecule has 0 bridgehead atoms. The predicted molar refractivity (Wildman–Crippen MR) is 90.8 cm³/mol. The first-order valence-corrected chi connectivity index (χ1v) is 9.22. The Morgan fingerprint density at radius 1 is 1.00 bits per heavy atom. The summed E-state index contributed by atoms with van der Waals surface area (Å²) in [6, 6.07) is 18.3. The second kappa shape index (κ2) is 5.61. The Labute approximate surface area is 131 Å². The molecule has 3 rings (SSSR count). The molecule has 2 aromatic carbocycles. The van der Waals surface area contributed by atoms with Crippen molar-refractivity contribution in [2.24, 2.45) is 0 Å². The first kappa shape index (κ1) is 14.9. The third-order valence-corrected chi connectivity index (χ3v) is 5.08. The summed E-state index contributed by atoms with van der Waals surface area (Å²) in [6.45, 7) is 2.17. The molecule has 0 spiro atoms. The molecule has 0 N–H and O–H groups in total. The lowest BCUT2D eigenvalue weighted by atomic mass is 9.89. The van der Waals surface area contributed by atoms with E-state index in [-0.39, 0.29) is 0 Å². The molecule has 3 aromatic rings. The molecule has 1 atom stereocenters. The smallest absolute Gasteiger partial charge is 0.236 e. The Morgan fingerprint density at radius 2 is 1.73 bits per heavy atom. The van der Waals surface area contributed by atoms with Crippen LogP contribution in [0.4, 0.5) is 0 Å². The van der Waals surface area contributed by atoms with Crippen molar-refractivity contribution in [3.63, 3.8) is 0 Å². The summed E-state index contributed by atoms with van der Waals surface area (Å²) in [7, 11) is -3.26. The normalized spacial score (nSPS) is 13.4. The van der Waals surface area contributed by atoms with E-state index < -0.39 is 10.0 Å². The van der Waals surface area contributed by atoms with E-state index in [4.69, 9.17) is 0 Å². The van der Waals surface area contributed by atoms with Gasteiger partial charge in [-0.1, -0.05) is 43.3 Å². The summed E-state index contributed by atoms with van der Waals surface area (Å²) in [4.78, 5) is 0. The molecule has 0 radical (unpaired) electrons. The average Bonchev–Trinajstić information content (AvgIpc) is 2.92. The lowest BCUT2D eigenvalue weighted by Crippen LogP contribution is -2.08. The van der Waals surface area contributed by atoms with Gasteiger partial charge in [0, 0.05) is 17.5 Å². The van der Waals surface area contributed by atoms with Gasteiger partial charge in [0.1, 0.15) is 0 Å². The minimum atomic E-state index is -3.26. The topological polar surface area (TPSA) is 39.1 Å². The van der Waals surface area contributed by atoms with E-state index in [0.29, 0.717) is 5.92 Å². The lowest BCUT2D eigenvalue weighted by Gasteiger charge is -2.16. The van der Waals surface area contributed by atoms with Gasteiger partial charge in [0.2, 0.25) is 10.0 Å².